The zero-order chi connectivity index (χ0) is 17.5. The van der Waals surface area contributed by atoms with Crippen LogP contribution in [0, 0.1) is 17.2 Å². The lowest BCUT2D eigenvalue weighted by Crippen LogP contribution is -2.51. The van der Waals surface area contributed by atoms with Crippen LogP contribution >= 0.6 is 0 Å². The number of nitriles is 1. The van der Waals surface area contributed by atoms with Gasteiger partial charge in [-0.15, -0.1) is 0 Å². The van der Waals surface area contributed by atoms with E-state index < -0.39 is 5.54 Å². The number of nitrogens with zero attached hydrogens (tertiary/aromatic N) is 2. The van der Waals surface area contributed by atoms with Crippen LogP contribution in [0.4, 0.5) is 0 Å². The van der Waals surface area contributed by atoms with Gasteiger partial charge in [0.05, 0.1) is 19.2 Å². The molecule has 0 spiro atoms. The number of likely N-dealkylation sites (N-methyl/N-ethyl adjacent to an activating group) is 1. The van der Waals surface area contributed by atoms with E-state index in [1.54, 1.807) is 6.92 Å². The highest BCUT2D eigenvalue weighted by Crippen LogP contribution is 2.15. The van der Waals surface area contributed by atoms with Crippen molar-refractivity contribution in [3.05, 3.63) is 29.8 Å². The Morgan fingerprint density at radius 2 is 2.00 bits per heavy atom. The van der Waals surface area contributed by atoms with Crippen molar-refractivity contribution < 1.29 is 9.53 Å². The standard InChI is InChI=1S/C18H27N3O2/c1-6-23-16-9-7-15(8-10-16)11-21(5)12-17(22)20-18(4,13-19)14(2)3/h7-10,14H,6,11-12H2,1-5H3,(H,20,22)/t18-/m1/s1. The molecule has 5 nitrogen and oxygen atoms in total. The molecule has 0 fully saturated rings. The van der Waals surface area contributed by atoms with Gasteiger partial charge in [0.1, 0.15) is 11.3 Å². The Labute approximate surface area is 139 Å². The Hall–Kier alpha value is -2.06. The van der Waals surface area contributed by atoms with Crippen LogP contribution in [0.5, 0.6) is 5.75 Å². The first-order valence-corrected chi connectivity index (χ1v) is 7.93. The van der Waals surface area contributed by atoms with Crippen LogP contribution in [0.1, 0.15) is 33.3 Å². The van der Waals surface area contributed by atoms with Crippen molar-refractivity contribution in [1.29, 1.82) is 5.26 Å². The summed E-state index contributed by atoms with van der Waals surface area (Å²) in [5.41, 5.74) is 0.271. The normalized spacial score (nSPS) is 13.5. The number of amides is 1. The second-order valence-corrected chi connectivity index (χ2v) is 6.27. The first kappa shape index (κ1) is 19.0. The predicted molar refractivity (Wildman–Crippen MR) is 90.9 cm³/mol. The summed E-state index contributed by atoms with van der Waals surface area (Å²) < 4.78 is 5.41. The van der Waals surface area contributed by atoms with Crippen LogP contribution in [-0.4, -0.2) is 36.5 Å². The molecule has 0 bridgehead atoms. The average Bonchev–Trinajstić information content (AvgIpc) is 2.48. The molecule has 0 aliphatic heterocycles. The van der Waals surface area contributed by atoms with Gasteiger partial charge in [-0.1, -0.05) is 26.0 Å². The molecule has 1 aromatic rings. The Morgan fingerprint density at radius 3 is 2.48 bits per heavy atom. The SMILES string of the molecule is CCOc1ccc(CN(C)CC(=O)N[C@](C)(C#N)C(C)C)cc1. The molecule has 5 heteroatoms. The van der Waals surface area contributed by atoms with E-state index in [0.717, 1.165) is 11.3 Å². The molecule has 1 amide bonds. The maximum Gasteiger partial charge on any atom is 0.235 e. The number of hydrogen-bond donors (Lipinski definition) is 1. The Bertz CT molecular complexity index is 548. The van der Waals surface area contributed by atoms with Gasteiger partial charge in [0.25, 0.3) is 0 Å². The molecule has 126 valence electrons. The van der Waals surface area contributed by atoms with Crippen LogP contribution in [-0.2, 0) is 11.3 Å². The lowest BCUT2D eigenvalue weighted by atomic mass is 9.90. The van der Waals surface area contributed by atoms with Crippen LogP contribution in [0.15, 0.2) is 24.3 Å². The van der Waals surface area contributed by atoms with E-state index in [4.69, 9.17) is 4.74 Å². The van der Waals surface area contributed by atoms with Crippen molar-refractivity contribution in [2.75, 3.05) is 20.2 Å². The molecule has 1 rings (SSSR count). The largest absolute Gasteiger partial charge is 0.494 e. The maximum absolute atomic E-state index is 12.1. The smallest absolute Gasteiger partial charge is 0.235 e. The molecule has 0 radical (unpaired) electrons. The molecule has 1 N–H and O–H groups in total. The quantitative estimate of drug-likeness (QED) is 0.800. The van der Waals surface area contributed by atoms with Crippen molar-refractivity contribution >= 4 is 5.91 Å². The highest BCUT2D eigenvalue weighted by Gasteiger charge is 2.30. The zero-order valence-electron chi connectivity index (χ0n) is 14.7. The highest BCUT2D eigenvalue weighted by molar-refractivity contribution is 5.79. The number of carbonyl (C=O) groups is 1. The van der Waals surface area contributed by atoms with Crippen molar-refractivity contribution in [2.45, 2.75) is 39.8 Å². The van der Waals surface area contributed by atoms with E-state index >= 15 is 0 Å². The Morgan fingerprint density at radius 1 is 1.39 bits per heavy atom. The van der Waals surface area contributed by atoms with E-state index in [1.165, 1.54) is 0 Å². The fraction of sp³-hybridized carbons (Fsp3) is 0.556. The van der Waals surface area contributed by atoms with Crippen molar-refractivity contribution in [1.82, 2.24) is 10.2 Å². The first-order valence-electron chi connectivity index (χ1n) is 7.93. The van der Waals surface area contributed by atoms with Crippen LogP contribution in [0.3, 0.4) is 0 Å². The van der Waals surface area contributed by atoms with Gasteiger partial charge in [0, 0.05) is 6.54 Å². The van der Waals surface area contributed by atoms with Crippen LogP contribution < -0.4 is 10.1 Å². The molecule has 0 aliphatic rings. The van der Waals surface area contributed by atoms with E-state index in [9.17, 15) is 10.1 Å². The molecule has 0 saturated heterocycles. The van der Waals surface area contributed by atoms with Gasteiger partial charge in [-0.3, -0.25) is 9.69 Å². The van der Waals surface area contributed by atoms with Gasteiger partial charge in [0.2, 0.25) is 5.91 Å². The van der Waals surface area contributed by atoms with E-state index in [-0.39, 0.29) is 18.4 Å². The van der Waals surface area contributed by atoms with Gasteiger partial charge in [0.15, 0.2) is 0 Å². The topological polar surface area (TPSA) is 65.4 Å². The minimum atomic E-state index is -0.836. The first-order chi connectivity index (χ1) is 10.8. The molecule has 0 heterocycles. The molecule has 0 aromatic heterocycles. The molecule has 23 heavy (non-hydrogen) atoms. The third-order valence-electron chi connectivity index (χ3n) is 3.89. The summed E-state index contributed by atoms with van der Waals surface area (Å²) in [6.07, 6.45) is 0. The molecule has 0 unspecified atom stereocenters. The van der Waals surface area contributed by atoms with Crippen molar-refractivity contribution in [2.24, 2.45) is 5.92 Å². The summed E-state index contributed by atoms with van der Waals surface area (Å²) in [5, 5.41) is 12.1. The minimum Gasteiger partial charge on any atom is -0.494 e. The maximum atomic E-state index is 12.1. The lowest BCUT2D eigenvalue weighted by Gasteiger charge is -2.28. The summed E-state index contributed by atoms with van der Waals surface area (Å²) in [4.78, 5) is 14.1. The third-order valence-corrected chi connectivity index (χ3v) is 3.89. The zero-order valence-corrected chi connectivity index (χ0v) is 14.7. The second kappa shape index (κ2) is 8.54. The molecule has 1 atom stereocenters. The van der Waals surface area contributed by atoms with Gasteiger partial charge in [-0.05, 0) is 44.5 Å². The summed E-state index contributed by atoms with van der Waals surface area (Å²) in [6, 6.07) is 10.0. The molecule has 1 aromatic carbocycles. The number of rotatable bonds is 8. The Kier molecular flexibility index (Phi) is 7.05. The fourth-order valence-corrected chi connectivity index (χ4v) is 2.10. The summed E-state index contributed by atoms with van der Waals surface area (Å²) >= 11 is 0. The summed E-state index contributed by atoms with van der Waals surface area (Å²) in [7, 11) is 1.88. The van der Waals surface area contributed by atoms with E-state index in [1.807, 2.05) is 57.0 Å². The summed E-state index contributed by atoms with van der Waals surface area (Å²) in [6.45, 7) is 9.10. The van der Waals surface area contributed by atoms with E-state index in [2.05, 4.69) is 11.4 Å². The van der Waals surface area contributed by atoms with Crippen molar-refractivity contribution in [3.8, 4) is 11.8 Å². The van der Waals surface area contributed by atoms with Gasteiger partial charge >= 0.3 is 0 Å². The number of nitrogens with one attached hydrogen (secondary N) is 1. The van der Waals surface area contributed by atoms with E-state index in [0.29, 0.717) is 13.2 Å². The molecule has 0 saturated carbocycles. The number of carbonyl (C=O) groups excluding carboxylic acids is 1. The fourth-order valence-electron chi connectivity index (χ4n) is 2.10. The van der Waals surface area contributed by atoms with Crippen molar-refractivity contribution in [3.63, 3.8) is 0 Å². The van der Waals surface area contributed by atoms with Gasteiger partial charge < -0.3 is 10.1 Å². The van der Waals surface area contributed by atoms with Crippen LogP contribution in [0.25, 0.3) is 0 Å². The lowest BCUT2D eigenvalue weighted by molar-refractivity contribution is -0.123. The number of ether oxygens (including phenoxy) is 1. The monoisotopic (exact) mass is 317 g/mol. The second-order valence-electron chi connectivity index (χ2n) is 6.27. The highest BCUT2D eigenvalue weighted by atomic mass is 16.5. The number of hydrogen-bond acceptors (Lipinski definition) is 4. The molecular weight excluding hydrogens is 290 g/mol. The predicted octanol–water partition coefficient (Wildman–Crippen LogP) is 2.57. The Balaban J connectivity index is 2.54. The minimum absolute atomic E-state index is 0.0490. The van der Waals surface area contributed by atoms with Gasteiger partial charge in [-0.25, -0.2) is 0 Å². The molecule has 0 aliphatic carbocycles. The molecular formula is C18H27N3O2. The van der Waals surface area contributed by atoms with Crippen LogP contribution in [0.2, 0.25) is 0 Å². The number of benzene rings is 1. The summed E-state index contributed by atoms with van der Waals surface area (Å²) in [5.74, 6) is 0.752. The third kappa shape index (κ3) is 5.91. The average molecular weight is 317 g/mol. The van der Waals surface area contributed by atoms with Gasteiger partial charge in [-0.2, -0.15) is 5.26 Å².